The molecule has 0 saturated heterocycles. The lowest BCUT2D eigenvalue weighted by Gasteiger charge is -2.03. The Morgan fingerprint density at radius 2 is 1.85 bits per heavy atom. The molecule has 0 amide bonds. The maximum atomic E-state index is 6.01. The van der Waals surface area contributed by atoms with Crippen molar-refractivity contribution in [1.29, 1.82) is 0 Å². The lowest BCUT2D eigenvalue weighted by atomic mass is 10.2. The van der Waals surface area contributed by atoms with E-state index in [4.69, 9.17) is 14.9 Å². The predicted octanol–water partition coefficient (Wildman–Crippen LogP) is 3.56. The first kappa shape index (κ1) is 16.3. The number of hydrogen-bond donors (Lipinski definition) is 1. The summed E-state index contributed by atoms with van der Waals surface area (Å²) in [7, 11) is 1.62. The summed E-state index contributed by atoms with van der Waals surface area (Å²) in [6, 6.07) is 15.1. The standard InChI is InChI=1S/C18H15N5O2S/c1-24-12-8-6-11(7-9-12)17-22-23-18(25-17)26-10-15-20-14-5-3-2-4-13(14)16(19)21-15/h2-9H,10H2,1H3,(H2,19,20,21). The number of aromatic nitrogens is 4. The fourth-order valence-electron chi connectivity index (χ4n) is 2.46. The van der Waals surface area contributed by atoms with E-state index in [2.05, 4.69) is 20.2 Å². The molecule has 130 valence electrons. The van der Waals surface area contributed by atoms with Gasteiger partial charge in [0.25, 0.3) is 5.22 Å². The molecule has 4 aromatic rings. The van der Waals surface area contributed by atoms with Crippen molar-refractivity contribution in [1.82, 2.24) is 20.2 Å². The normalized spacial score (nSPS) is 11.0. The Hall–Kier alpha value is -3.13. The fraction of sp³-hybridized carbons (Fsp3) is 0.111. The minimum absolute atomic E-state index is 0.450. The highest BCUT2D eigenvalue weighted by molar-refractivity contribution is 7.98. The molecular formula is C18H15N5O2S. The van der Waals surface area contributed by atoms with E-state index in [1.165, 1.54) is 11.8 Å². The zero-order chi connectivity index (χ0) is 17.9. The van der Waals surface area contributed by atoms with Crippen LogP contribution in [0.25, 0.3) is 22.4 Å². The van der Waals surface area contributed by atoms with E-state index in [9.17, 15) is 0 Å². The Morgan fingerprint density at radius 1 is 1.04 bits per heavy atom. The van der Waals surface area contributed by atoms with Crippen LogP contribution in [-0.4, -0.2) is 27.3 Å². The van der Waals surface area contributed by atoms with Gasteiger partial charge in [-0.3, -0.25) is 0 Å². The van der Waals surface area contributed by atoms with Crippen molar-refractivity contribution in [3.63, 3.8) is 0 Å². The van der Waals surface area contributed by atoms with Crippen LogP contribution in [0.15, 0.2) is 58.2 Å². The highest BCUT2D eigenvalue weighted by atomic mass is 32.2. The summed E-state index contributed by atoms with van der Waals surface area (Å²) in [5.74, 6) is 2.80. The summed E-state index contributed by atoms with van der Waals surface area (Å²) >= 11 is 1.37. The second-order valence-corrected chi connectivity index (χ2v) is 6.36. The number of nitrogens with zero attached hydrogens (tertiary/aromatic N) is 4. The molecule has 2 heterocycles. The molecule has 2 aromatic heterocycles. The lowest BCUT2D eigenvalue weighted by Crippen LogP contribution is -1.99. The maximum absolute atomic E-state index is 6.01. The number of nitrogens with two attached hydrogens (primary N) is 1. The van der Waals surface area contributed by atoms with Crippen molar-refractivity contribution in [3.05, 3.63) is 54.4 Å². The van der Waals surface area contributed by atoms with Gasteiger partial charge in [0.05, 0.1) is 18.4 Å². The Kier molecular flexibility index (Phi) is 4.40. The summed E-state index contributed by atoms with van der Waals surface area (Å²) in [5.41, 5.74) is 7.66. The van der Waals surface area contributed by atoms with E-state index in [1.54, 1.807) is 7.11 Å². The van der Waals surface area contributed by atoms with E-state index >= 15 is 0 Å². The Morgan fingerprint density at radius 3 is 2.65 bits per heavy atom. The summed E-state index contributed by atoms with van der Waals surface area (Å²) < 4.78 is 10.8. The molecule has 0 aliphatic rings. The summed E-state index contributed by atoms with van der Waals surface area (Å²) in [5, 5.41) is 9.44. The van der Waals surface area contributed by atoms with Crippen LogP contribution >= 0.6 is 11.8 Å². The van der Waals surface area contributed by atoms with Crippen molar-refractivity contribution in [2.75, 3.05) is 12.8 Å². The van der Waals surface area contributed by atoms with Gasteiger partial charge in [-0.2, -0.15) is 0 Å². The van der Waals surface area contributed by atoms with Crippen LogP contribution < -0.4 is 10.5 Å². The van der Waals surface area contributed by atoms with E-state index in [0.717, 1.165) is 22.2 Å². The Bertz CT molecular complexity index is 1050. The van der Waals surface area contributed by atoms with Crippen molar-refractivity contribution < 1.29 is 9.15 Å². The second kappa shape index (κ2) is 7.01. The zero-order valence-electron chi connectivity index (χ0n) is 13.9. The predicted molar refractivity (Wildman–Crippen MR) is 99.8 cm³/mol. The van der Waals surface area contributed by atoms with Gasteiger partial charge in [0.2, 0.25) is 5.89 Å². The van der Waals surface area contributed by atoms with Crippen LogP contribution in [0, 0.1) is 0 Å². The molecule has 8 heteroatoms. The summed E-state index contributed by atoms with van der Waals surface area (Å²) in [6.07, 6.45) is 0. The molecule has 0 bridgehead atoms. The minimum atomic E-state index is 0.450. The molecule has 0 aliphatic heterocycles. The van der Waals surface area contributed by atoms with Gasteiger partial charge in [-0.05, 0) is 36.4 Å². The largest absolute Gasteiger partial charge is 0.497 e. The van der Waals surface area contributed by atoms with Crippen LogP contribution in [0.4, 0.5) is 5.82 Å². The lowest BCUT2D eigenvalue weighted by molar-refractivity contribution is 0.414. The molecule has 0 aliphatic carbocycles. The van der Waals surface area contributed by atoms with Gasteiger partial charge in [0, 0.05) is 10.9 Å². The van der Waals surface area contributed by atoms with Crippen LogP contribution in [-0.2, 0) is 5.75 Å². The van der Waals surface area contributed by atoms with Gasteiger partial charge in [0.1, 0.15) is 17.4 Å². The summed E-state index contributed by atoms with van der Waals surface area (Å²) in [4.78, 5) is 8.86. The third-order valence-corrected chi connectivity index (χ3v) is 4.56. The third-order valence-electron chi connectivity index (χ3n) is 3.75. The number of para-hydroxylation sites is 1. The van der Waals surface area contributed by atoms with Gasteiger partial charge >= 0.3 is 0 Å². The number of fused-ring (bicyclic) bond motifs is 1. The Labute approximate surface area is 153 Å². The first-order valence-corrected chi connectivity index (χ1v) is 8.83. The number of nitrogen functional groups attached to an aromatic ring is 1. The van der Waals surface area contributed by atoms with E-state index in [-0.39, 0.29) is 0 Å². The van der Waals surface area contributed by atoms with Gasteiger partial charge < -0.3 is 14.9 Å². The van der Waals surface area contributed by atoms with Crippen molar-refractivity contribution in [2.24, 2.45) is 0 Å². The van der Waals surface area contributed by atoms with Crippen molar-refractivity contribution in [3.8, 4) is 17.2 Å². The average molecular weight is 365 g/mol. The summed E-state index contributed by atoms with van der Waals surface area (Å²) in [6.45, 7) is 0. The number of anilines is 1. The molecule has 0 unspecified atom stereocenters. The number of thioether (sulfide) groups is 1. The first-order valence-electron chi connectivity index (χ1n) is 7.85. The van der Waals surface area contributed by atoms with Gasteiger partial charge in [0.15, 0.2) is 0 Å². The number of methoxy groups -OCH3 is 1. The smallest absolute Gasteiger partial charge is 0.277 e. The monoisotopic (exact) mass is 365 g/mol. The van der Waals surface area contributed by atoms with Crippen LogP contribution in [0.5, 0.6) is 5.75 Å². The van der Waals surface area contributed by atoms with E-state index < -0.39 is 0 Å². The molecule has 2 aromatic carbocycles. The molecule has 0 spiro atoms. The van der Waals surface area contributed by atoms with Gasteiger partial charge in [-0.15, -0.1) is 10.2 Å². The molecule has 0 atom stereocenters. The number of ether oxygens (including phenoxy) is 1. The van der Waals surface area contributed by atoms with E-state index in [0.29, 0.717) is 28.5 Å². The van der Waals surface area contributed by atoms with Crippen molar-refractivity contribution in [2.45, 2.75) is 11.0 Å². The zero-order valence-corrected chi connectivity index (χ0v) is 14.7. The van der Waals surface area contributed by atoms with Crippen LogP contribution in [0.3, 0.4) is 0 Å². The highest BCUT2D eigenvalue weighted by Crippen LogP contribution is 2.27. The number of rotatable bonds is 5. The second-order valence-electron chi connectivity index (χ2n) is 5.43. The molecule has 2 N–H and O–H groups in total. The van der Waals surface area contributed by atoms with Gasteiger partial charge in [-0.25, -0.2) is 9.97 Å². The van der Waals surface area contributed by atoms with Crippen LogP contribution in [0.1, 0.15) is 5.82 Å². The quantitative estimate of drug-likeness (QED) is 0.536. The molecular weight excluding hydrogens is 350 g/mol. The number of hydrogen-bond acceptors (Lipinski definition) is 8. The Balaban J connectivity index is 1.49. The molecule has 0 fully saturated rings. The topological polar surface area (TPSA) is 100.0 Å². The SMILES string of the molecule is COc1ccc(-c2nnc(SCc3nc(N)c4ccccc4n3)o2)cc1. The molecule has 26 heavy (non-hydrogen) atoms. The molecule has 0 radical (unpaired) electrons. The number of benzene rings is 2. The maximum Gasteiger partial charge on any atom is 0.277 e. The molecule has 0 saturated carbocycles. The minimum Gasteiger partial charge on any atom is -0.497 e. The fourth-order valence-corrected chi connectivity index (χ4v) is 3.08. The van der Waals surface area contributed by atoms with Crippen molar-refractivity contribution >= 4 is 28.5 Å². The molecule has 4 rings (SSSR count). The third kappa shape index (κ3) is 3.31. The van der Waals surface area contributed by atoms with E-state index in [1.807, 2.05) is 48.5 Å². The molecule has 7 nitrogen and oxygen atoms in total. The highest BCUT2D eigenvalue weighted by Gasteiger charge is 2.11. The van der Waals surface area contributed by atoms with Gasteiger partial charge in [-0.1, -0.05) is 23.9 Å². The van der Waals surface area contributed by atoms with Crippen LogP contribution in [0.2, 0.25) is 0 Å². The average Bonchev–Trinajstić information content (AvgIpc) is 3.15. The first-order chi connectivity index (χ1) is 12.7.